The van der Waals surface area contributed by atoms with Gasteiger partial charge in [0.1, 0.15) is 5.75 Å². The van der Waals surface area contributed by atoms with Gasteiger partial charge in [0.25, 0.3) is 0 Å². The molecule has 1 aromatic carbocycles. The van der Waals surface area contributed by atoms with Crippen molar-refractivity contribution in [2.75, 3.05) is 17.3 Å². The van der Waals surface area contributed by atoms with Crippen molar-refractivity contribution in [3.63, 3.8) is 0 Å². The molecule has 0 radical (unpaired) electrons. The molecule has 0 saturated carbocycles. The van der Waals surface area contributed by atoms with Gasteiger partial charge in [0.2, 0.25) is 0 Å². The van der Waals surface area contributed by atoms with E-state index in [2.05, 4.69) is 20.7 Å². The number of ether oxygens (including phenoxy) is 1. The van der Waals surface area contributed by atoms with Crippen LogP contribution in [0.5, 0.6) is 5.75 Å². The lowest BCUT2D eigenvalue weighted by Crippen LogP contribution is -2.11. The molecule has 21 heavy (non-hydrogen) atoms. The Labute approximate surface area is 121 Å². The van der Waals surface area contributed by atoms with Crippen LogP contribution in [0.2, 0.25) is 0 Å². The van der Waals surface area contributed by atoms with Gasteiger partial charge in [-0.15, -0.1) is 0 Å². The minimum absolute atomic E-state index is 0.550. The first-order chi connectivity index (χ1) is 10.3. The van der Waals surface area contributed by atoms with Gasteiger partial charge in [-0.25, -0.2) is 15.8 Å². The summed E-state index contributed by atoms with van der Waals surface area (Å²) in [4.78, 5) is 8.67. The molecule has 7 heteroatoms. The average Bonchev–Trinajstić information content (AvgIpc) is 2.98. The fourth-order valence-electron chi connectivity index (χ4n) is 2.02. The topological polar surface area (TPSA) is 89.5 Å². The minimum Gasteiger partial charge on any atom is -0.494 e. The Morgan fingerprint density at radius 2 is 2.10 bits per heavy atom. The highest BCUT2D eigenvalue weighted by atomic mass is 16.5. The van der Waals surface area contributed by atoms with Crippen LogP contribution in [0.1, 0.15) is 6.92 Å². The van der Waals surface area contributed by atoms with E-state index in [1.165, 1.54) is 0 Å². The number of hydrogen-bond donors (Lipinski definition) is 3. The molecule has 0 saturated heterocycles. The monoisotopic (exact) mass is 284 g/mol. The molecule has 2 heterocycles. The number of hydrazine groups is 1. The number of nitrogens with two attached hydrogens (primary N) is 1. The number of imidazole rings is 1. The molecule has 0 aliphatic rings. The van der Waals surface area contributed by atoms with Crippen molar-refractivity contribution in [1.82, 2.24) is 14.4 Å². The fraction of sp³-hybridized carbons (Fsp3) is 0.143. The van der Waals surface area contributed by atoms with Gasteiger partial charge in [0, 0.05) is 18.1 Å². The highest BCUT2D eigenvalue weighted by Gasteiger charge is 2.07. The zero-order valence-corrected chi connectivity index (χ0v) is 11.6. The number of nitrogens with one attached hydrogen (secondary N) is 2. The largest absolute Gasteiger partial charge is 0.494 e. The molecule has 2 aromatic heterocycles. The van der Waals surface area contributed by atoms with E-state index < -0.39 is 0 Å². The Morgan fingerprint density at radius 3 is 2.81 bits per heavy atom. The molecule has 0 aliphatic carbocycles. The van der Waals surface area contributed by atoms with E-state index in [4.69, 9.17) is 10.6 Å². The third-order valence-corrected chi connectivity index (χ3v) is 2.95. The zero-order valence-electron chi connectivity index (χ0n) is 11.6. The summed E-state index contributed by atoms with van der Waals surface area (Å²) >= 11 is 0. The van der Waals surface area contributed by atoms with Crippen molar-refractivity contribution < 1.29 is 4.74 Å². The summed E-state index contributed by atoms with van der Waals surface area (Å²) in [7, 11) is 0. The summed E-state index contributed by atoms with van der Waals surface area (Å²) in [6.07, 6.45) is 5.31. The van der Waals surface area contributed by atoms with Crippen LogP contribution in [-0.2, 0) is 0 Å². The van der Waals surface area contributed by atoms with Gasteiger partial charge in [-0.1, -0.05) is 0 Å². The van der Waals surface area contributed by atoms with E-state index >= 15 is 0 Å². The number of anilines is 3. The Morgan fingerprint density at radius 1 is 1.29 bits per heavy atom. The van der Waals surface area contributed by atoms with Crippen molar-refractivity contribution in [2.45, 2.75) is 6.92 Å². The second kappa shape index (κ2) is 5.68. The molecule has 4 N–H and O–H groups in total. The highest BCUT2D eigenvalue weighted by Crippen LogP contribution is 2.22. The van der Waals surface area contributed by atoms with Crippen LogP contribution in [0, 0.1) is 0 Å². The highest BCUT2D eigenvalue weighted by molar-refractivity contribution is 5.71. The van der Waals surface area contributed by atoms with E-state index in [-0.39, 0.29) is 0 Å². The number of nitrogens with zero attached hydrogens (tertiary/aromatic N) is 3. The first-order valence-electron chi connectivity index (χ1n) is 6.60. The maximum Gasteiger partial charge on any atom is 0.180 e. The molecule has 0 unspecified atom stereocenters. The normalized spacial score (nSPS) is 10.6. The van der Waals surface area contributed by atoms with Crippen molar-refractivity contribution in [3.8, 4) is 5.75 Å². The van der Waals surface area contributed by atoms with Gasteiger partial charge in [-0.2, -0.15) is 0 Å². The van der Waals surface area contributed by atoms with E-state index in [0.29, 0.717) is 18.2 Å². The summed E-state index contributed by atoms with van der Waals surface area (Å²) < 4.78 is 7.27. The van der Waals surface area contributed by atoms with Crippen LogP contribution in [0.25, 0.3) is 5.65 Å². The molecule has 0 bridgehead atoms. The van der Waals surface area contributed by atoms with Crippen molar-refractivity contribution in [3.05, 3.63) is 42.9 Å². The number of fused-ring (bicyclic) bond motifs is 1. The van der Waals surface area contributed by atoms with E-state index in [0.717, 1.165) is 17.1 Å². The molecule has 0 fully saturated rings. The van der Waals surface area contributed by atoms with Gasteiger partial charge in [-0.05, 0) is 31.2 Å². The number of benzene rings is 1. The van der Waals surface area contributed by atoms with Gasteiger partial charge >= 0.3 is 0 Å². The first kappa shape index (κ1) is 13.2. The van der Waals surface area contributed by atoms with Gasteiger partial charge in [-0.3, -0.25) is 0 Å². The molecule has 108 valence electrons. The standard InChI is InChI=1S/C14H16N6O/c1-2-21-11-5-3-10(4-6-11)17-13-14-16-7-8-20(14)9-12(18-13)19-15/h3-9,19H,2,15H2,1H3,(H,17,18). The van der Waals surface area contributed by atoms with Crippen molar-refractivity contribution in [1.29, 1.82) is 0 Å². The average molecular weight is 284 g/mol. The second-order valence-corrected chi connectivity index (χ2v) is 4.36. The summed E-state index contributed by atoms with van der Waals surface area (Å²) in [5.74, 6) is 7.44. The van der Waals surface area contributed by atoms with Crippen molar-refractivity contribution >= 4 is 23.0 Å². The molecule has 0 atom stereocenters. The predicted molar refractivity (Wildman–Crippen MR) is 81.7 cm³/mol. The quantitative estimate of drug-likeness (QED) is 0.491. The van der Waals surface area contributed by atoms with E-state index in [1.807, 2.05) is 41.8 Å². The van der Waals surface area contributed by atoms with Crippen LogP contribution in [0.4, 0.5) is 17.3 Å². The van der Waals surface area contributed by atoms with Crippen LogP contribution in [0.3, 0.4) is 0 Å². The molecular formula is C14H16N6O. The van der Waals surface area contributed by atoms with E-state index in [1.54, 1.807) is 12.4 Å². The van der Waals surface area contributed by atoms with Crippen LogP contribution in [0.15, 0.2) is 42.9 Å². The Hall–Kier alpha value is -2.80. The molecule has 0 aliphatic heterocycles. The molecule has 7 nitrogen and oxygen atoms in total. The SMILES string of the molecule is CCOc1ccc(Nc2nc(NN)cn3ccnc23)cc1. The summed E-state index contributed by atoms with van der Waals surface area (Å²) in [6.45, 7) is 2.60. The third kappa shape index (κ3) is 2.72. The number of hydrogen-bond acceptors (Lipinski definition) is 6. The number of rotatable bonds is 5. The smallest absolute Gasteiger partial charge is 0.180 e. The van der Waals surface area contributed by atoms with E-state index in [9.17, 15) is 0 Å². The molecule has 3 aromatic rings. The molecule has 3 rings (SSSR count). The van der Waals surface area contributed by atoms with Crippen LogP contribution in [-0.4, -0.2) is 21.0 Å². The Kier molecular flexibility index (Phi) is 3.57. The Balaban J connectivity index is 1.91. The maximum atomic E-state index is 5.43. The molecule has 0 amide bonds. The summed E-state index contributed by atoms with van der Waals surface area (Å²) in [6, 6.07) is 7.66. The summed E-state index contributed by atoms with van der Waals surface area (Å²) in [5, 5.41) is 3.23. The fourth-order valence-corrected chi connectivity index (χ4v) is 2.02. The third-order valence-electron chi connectivity index (χ3n) is 2.95. The van der Waals surface area contributed by atoms with Crippen LogP contribution < -0.4 is 21.3 Å². The molecule has 0 spiro atoms. The summed E-state index contributed by atoms with van der Waals surface area (Å²) in [5.41, 5.74) is 4.16. The van der Waals surface area contributed by atoms with Gasteiger partial charge in [0.15, 0.2) is 17.3 Å². The van der Waals surface area contributed by atoms with Crippen molar-refractivity contribution in [2.24, 2.45) is 5.84 Å². The first-order valence-corrected chi connectivity index (χ1v) is 6.60. The second-order valence-electron chi connectivity index (χ2n) is 4.36. The lowest BCUT2D eigenvalue weighted by molar-refractivity contribution is 0.340. The predicted octanol–water partition coefficient (Wildman–Crippen LogP) is 2.16. The lowest BCUT2D eigenvalue weighted by atomic mass is 10.3. The maximum absolute atomic E-state index is 5.43. The Bertz CT molecular complexity index is 737. The van der Waals surface area contributed by atoms with Gasteiger partial charge < -0.3 is 19.9 Å². The van der Waals surface area contributed by atoms with Gasteiger partial charge in [0.05, 0.1) is 12.8 Å². The lowest BCUT2D eigenvalue weighted by Gasteiger charge is -2.10. The number of aromatic nitrogens is 3. The van der Waals surface area contributed by atoms with Crippen LogP contribution >= 0.6 is 0 Å². The minimum atomic E-state index is 0.550. The number of nitrogen functional groups attached to an aromatic ring is 1. The molecular weight excluding hydrogens is 268 g/mol. The zero-order chi connectivity index (χ0) is 14.7.